The third-order valence-electron chi connectivity index (χ3n) is 2.22. The number of fused-ring (bicyclic) bond motifs is 1. The molecule has 0 fully saturated rings. The van der Waals surface area contributed by atoms with E-state index in [2.05, 4.69) is 4.98 Å². The number of hydrogen-bond acceptors (Lipinski definition) is 4. The molecular formula is C10H7N3O2. The van der Waals surface area contributed by atoms with Crippen molar-refractivity contribution in [2.45, 2.75) is 0 Å². The molecule has 2 aromatic heterocycles. The highest BCUT2D eigenvalue weighted by molar-refractivity contribution is 5.83. The van der Waals surface area contributed by atoms with Gasteiger partial charge in [-0.05, 0) is 6.07 Å². The van der Waals surface area contributed by atoms with Crippen molar-refractivity contribution in [3.8, 4) is 11.8 Å². The van der Waals surface area contributed by atoms with Gasteiger partial charge in [-0.15, -0.1) is 0 Å². The van der Waals surface area contributed by atoms with Crippen molar-refractivity contribution in [1.82, 2.24) is 9.55 Å². The predicted octanol–water partition coefficient (Wildman–Crippen LogP) is 0.511. The molecule has 0 amide bonds. The van der Waals surface area contributed by atoms with Gasteiger partial charge in [-0.2, -0.15) is 5.26 Å². The molecule has 0 bridgehead atoms. The SMILES string of the molecule is Cn1c(=O)ccc2ncc(C#N)c(O)c21. The molecule has 2 aromatic rings. The number of aromatic hydroxyl groups is 1. The number of hydrogen-bond donors (Lipinski definition) is 1. The van der Waals surface area contributed by atoms with Crippen LogP contribution >= 0.6 is 0 Å². The lowest BCUT2D eigenvalue weighted by Crippen LogP contribution is -2.15. The third kappa shape index (κ3) is 1.23. The van der Waals surface area contributed by atoms with Crippen LogP contribution in [0.25, 0.3) is 11.0 Å². The van der Waals surface area contributed by atoms with E-state index < -0.39 is 0 Å². The second-order valence-corrected chi connectivity index (χ2v) is 3.10. The van der Waals surface area contributed by atoms with Crippen molar-refractivity contribution in [3.05, 3.63) is 34.2 Å². The molecule has 0 radical (unpaired) electrons. The van der Waals surface area contributed by atoms with E-state index in [9.17, 15) is 9.90 Å². The zero-order chi connectivity index (χ0) is 11.0. The van der Waals surface area contributed by atoms with E-state index in [1.807, 2.05) is 0 Å². The van der Waals surface area contributed by atoms with E-state index in [4.69, 9.17) is 5.26 Å². The molecule has 0 unspecified atom stereocenters. The lowest BCUT2D eigenvalue weighted by molar-refractivity contribution is 0.476. The van der Waals surface area contributed by atoms with Crippen LogP contribution in [0.5, 0.6) is 5.75 Å². The Hall–Kier alpha value is -2.35. The molecule has 5 heteroatoms. The molecule has 0 saturated heterocycles. The molecule has 0 spiro atoms. The molecule has 5 nitrogen and oxygen atoms in total. The van der Waals surface area contributed by atoms with E-state index in [1.165, 1.54) is 29.9 Å². The fourth-order valence-corrected chi connectivity index (χ4v) is 1.41. The lowest BCUT2D eigenvalue weighted by Gasteiger charge is -2.05. The van der Waals surface area contributed by atoms with Gasteiger partial charge in [0.15, 0.2) is 5.75 Å². The smallest absolute Gasteiger partial charge is 0.250 e. The summed E-state index contributed by atoms with van der Waals surface area (Å²) in [6, 6.07) is 4.68. The monoisotopic (exact) mass is 201 g/mol. The van der Waals surface area contributed by atoms with Gasteiger partial charge in [0.05, 0.1) is 5.52 Å². The summed E-state index contributed by atoms with van der Waals surface area (Å²) in [5, 5.41) is 18.4. The first-order valence-corrected chi connectivity index (χ1v) is 4.23. The Morgan fingerprint density at radius 2 is 2.27 bits per heavy atom. The van der Waals surface area contributed by atoms with Gasteiger partial charge in [-0.3, -0.25) is 9.78 Å². The van der Waals surface area contributed by atoms with Crippen molar-refractivity contribution < 1.29 is 5.11 Å². The number of nitriles is 1. The normalized spacial score (nSPS) is 10.1. The molecule has 2 heterocycles. The Kier molecular flexibility index (Phi) is 1.90. The van der Waals surface area contributed by atoms with E-state index in [0.29, 0.717) is 5.52 Å². The van der Waals surface area contributed by atoms with E-state index in [1.54, 1.807) is 6.07 Å². The van der Waals surface area contributed by atoms with Crippen LogP contribution in [0.15, 0.2) is 23.1 Å². The maximum absolute atomic E-state index is 11.3. The quantitative estimate of drug-likeness (QED) is 0.673. The summed E-state index contributed by atoms with van der Waals surface area (Å²) < 4.78 is 1.26. The van der Waals surface area contributed by atoms with Crippen molar-refractivity contribution in [2.75, 3.05) is 0 Å². The Balaban J connectivity index is 3.04. The molecule has 2 rings (SSSR count). The zero-order valence-corrected chi connectivity index (χ0v) is 7.93. The Morgan fingerprint density at radius 1 is 1.53 bits per heavy atom. The number of nitrogens with zero attached hydrogens (tertiary/aromatic N) is 3. The van der Waals surface area contributed by atoms with Crippen molar-refractivity contribution >= 4 is 11.0 Å². The number of aryl methyl sites for hydroxylation is 1. The highest BCUT2D eigenvalue weighted by atomic mass is 16.3. The van der Waals surface area contributed by atoms with Crippen LogP contribution in [0.2, 0.25) is 0 Å². The number of rotatable bonds is 0. The van der Waals surface area contributed by atoms with Gasteiger partial charge in [0.2, 0.25) is 0 Å². The molecule has 0 aliphatic heterocycles. The molecule has 0 atom stereocenters. The van der Waals surface area contributed by atoms with Gasteiger partial charge in [-0.1, -0.05) is 0 Å². The van der Waals surface area contributed by atoms with Crippen LogP contribution in [-0.4, -0.2) is 14.7 Å². The molecule has 74 valence electrons. The lowest BCUT2D eigenvalue weighted by atomic mass is 10.2. The van der Waals surface area contributed by atoms with Crippen LogP contribution in [0, 0.1) is 11.3 Å². The summed E-state index contributed by atoms with van der Waals surface area (Å²) in [4.78, 5) is 15.3. The zero-order valence-electron chi connectivity index (χ0n) is 7.93. The standard InChI is InChI=1S/C10H7N3O2/c1-13-8(14)3-2-7-9(13)10(15)6(4-11)5-12-7/h2-3,5H,1H3,(H,12,15). The molecule has 0 saturated carbocycles. The highest BCUT2D eigenvalue weighted by Crippen LogP contribution is 2.24. The van der Waals surface area contributed by atoms with E-state index in [0.717, 1.165) is 0 Å². The first kappa shape index (κ1) is 9.21. The van der Waals surface area contributed by atoms with Crippen LogP contribution < -0.4 is 5.56 Å². The first-order valence-electron chi connectivity index (χ1n) is 4.23. The second kappa shape index (κ2) is 3.10. The summed E-state index contributed by atoms with van der Waals surface area (Å²) in [6.45, 7) is 0. The predicted molar refractivity (Wildman–Crippen MR) is 53.4 cm³/mol. The van der Waals surface area contributed by atoms with Gasteiger partial charge in [0.25, 0.3) is 5.56 Å². The summed E-state index contributed by atoms with van der Waals surface area (Å²) >= 11 is 0. The Morgan fingerprint density at radius 3 is 2.93 bits per heavy atom. The van der Waals surface area contributed by atoms with Crippen molar-refractivity contribution in [2.24, 2.45) is 7.05 Å². The van der Waals surface area contributed by atoms with Crippen LogP contribution in [0.3, 0.4) is 0 Å². The van der Waals surface area contributed by atoms with Gasteiger partial charge in [0.1, 0.15) is 17.1 Å². The number of aromatic nitrogens is 2. The van der Waals surface area contributed by atoms with Gasteiger partial charge >= 0.3 is 0 Å². The average molecular weight is 201 g/mol. The minimum Gasteiger partial charge on any atom is -0.504 e. The summed E-state index contributed by atoms with van der Waals surface area (Å²) in [5.41, 5.74) is 0.563. The second-order valence-electron chi connectivity index (χ2n) is 3.10. The molecule has 15 heavy (non-hydrogen) atoms. The summed E-state index contributed by atoms with van der Waals surface area (Å²) in [6.07, 6.45) is 1.28. The Labute approximate surface area is 84.8 Å². The maximum atomic E-state index is 11.3. The first-order chi connectivity index (χ1) is 7.15. The summed E-state index contributed by atoms with van der Waals surface area (Å²) in [7, 11) is 1.52. The topological polar surface area (TPSA) is 78.9 Å². The van der Waals surface area contributed by atoms with Crippen LogP contribution in [0.1, 0.15) is 5.56 Å². The fourth-order valence-electron chi connectivity index (χ4n) is 1.41. The number of pyridine rings is 2. The Bertz CT molecular complexity index is 637. The van der Waals surface area contributed by atoms with Crippen molar-refractivity contribution in [3.63, 3.8) is 0 Å². The molecule has 0 aromatic carbocycles. The maximum Gasteiger partial charge on any atom is 0.250 e. The molecule has 1 N–H and O–H groups in total. The van der Waals surface area contributed by atoms with E-state index in [-0.39, 0.29) is 22.4 Å². The van der Waals surface area contributed by atoms with Gasteiger partial charge in [0, 0.05) is 19.3 Å². The van der Waals surface area contributed by atoms with Crippen LogP contribution in [0.4, 0.5) is 0 Å². The van der Waals surface area contributed by atoms with Crippen LogP contribution in [-0.2, 0) is 7.05 Å². The van der Waals surface area contributed by atoms with Gasteiger partial charge in [-0.25, -0.2) is 0 Å². The molecule has 0 aliphatic rings. The van der Waals surface area contributed by atoms with E-state index >= 15 is 0 Å². The summed E-state index contributed by atoms with van der Waals surface area (Å²) in [5.74, 6) is -0.206. The average Bonchev–Trinajstić information content (AvgIpc) is 2.24. The highest BCUT2D eigenvalue weighted by Gasteiger charge is 2.10. The largest absolute Gasteiger partial charge is 0.504 e. The van der Waals surface area contributed by atoms with Gasteiger partial charge < -0.3 is 9.67 Å². The third-order valence-corrected chi connectivity index (χ3v) is 2.22. The molecular weight excluding hydrogens is 194 g/mol. The minimum absolute atomic E-state index is 0.0590. The minimum atomic E-state index is -0.255. The molecule has 0 aliphatic carbocycles. The van der Waals surface area contributed by atoms with Crippen molar-refractivity contribution in [1.29, 1.82) is 5.26 Å². The fraction of sp³-hybridized carbons (Fsp3) is 0.100.